The maximum atomic E-state index is 13.0. The van der Waals surface area contributed by atoms with Crippen LogP contribution in [0.4, 0.5) is 5.69 Å². The number of anilines is 1. The number of benzene rings is 2. The minimum absolute atomic E-state index is 0.00650. The van der Waals surface area contributed by atoms with Crippen molar-refractivity contribution < 1.29 is 9.53 Å². The number of aromatic amines is 1. The molecule has 0 unspecified atom stereocenters. The molecule has 6 rings (SSSR count). The van der Waals surface area contributed by atoms with E-state index in [0.29, 0.717) is 5.76 Å². The standard InChI is InChI=1S/C28H29N5O2/c1-35-22-9-5-20-6-11-23(25(17-22)28(34)30-20)19-4-10-24-26(16-19)31-32-27(24)18-2-7-21(8-3-18)33-14-12-29-13-15-33/h2-10,16-17,23,25,29H,11-15H2,1H3,(H,30,34)(H,31,32)/t23-,25-/m1/s1. The molecule has 1 saturated heterocycles. The second kappa shape index (κ2) is 9.07. The molecule has 2 atom stereocenters. The first-order valence-corrected chi connectivity index (χ1v) is 12.2. The van der Waals surface area contributed by atoms with Gasteiger partial charge in [0.05, 0.1) is 24.2 Å². The van der Waals surface area contributed by atoms with Gasteiger partial charge in [0, 0.05) is 54.4 Å². The smallest absolute Gasteiger partial charge is 0.232 e. The van der Waals surface area contributed by atoms with Gasteiger partial charge in [-0.15, -0.1) is 0 Å². The van der Waals surface area contributed by atoms with Crippen LogP contribution in [0.25, 0.3) is 22.2 Å². The number of H-pyrrole nitrogens is 1. The molecule has 3 aromatic rings. The van der Waals surface area contributed by atoms with E-state index in [1.807, 2.05) is 18.2 Å². The van der Waals surface area contributed by atoms with Crippen LogP contribution >= 0.6 is 0 Å². The molecule has 1 fully saturated rings. The van der Waals surface area contributed by atoms with Crippen molar-refractivity contribution in [3.05, 3.63) is 83.8 Å². The number of nitrogens with zero attached hydrogens (tertiary/aromatic N) is 2. The first kappa shape index (κ1) is 21.7. The van der Waals surface area contributed by atoms with Crippen LogP contribution in [0.2, 0.25) is 0 Å². The topological polar surface area (TPSA) is 82.3 Å². The van der Waals surface area contributed by atoms with Gasteiger partial charge in [0.25, 0.3) is 0 Å². The second-order valence-electron chi connectivity index (χ2n) is 9.28. The molecule has 1 amide bonds. The van der Waals surface area contributed by atoms with E-state index >= 15 is 0 Å². The number of aromatic nitrogens is 2. The maximum absolute atomic E-state index is 13.0. The third-order valence-electron chi connectivity index (χ3n) is 7.24. The van der Waals surface area contributed by atoms with Crippen molar-refractivity contribution >= 4 is 22.5 Å². The number of allylic oxidation sites excluding steroid dienone is 3. The fourth-order valence-corrected chi connectivity index (χ4v) is 5.29. The molecule has 2 aromatic carbocycles. The zero-order valence-corrected chi connectivity index (χ0v) is 19.8. The Morgan fingerprint density at radius 1 is 1.06 bits per heavy atom. The van der Waals surface area contributed by atoms with E-state index in [-0.39, 0.29) is 17.7 Å². The van der Waals surface area contributed by atoms with E-state index < -0.39 is 0 Å². The SMILES string of the molecule is COC1=C[C@H]2C(=O)NC(=CC[C@@H]2c2ccc3c(-c4ccc(N5CCNCC5)cc4)n[nH]c3c2)C=C1. The molecule has 3 aliphatic heterocycles. The molecule has 178 valence electrons. The first-order chi connectivity index (χ1) is 17.2. The van der Waals surface area contributed by atoms with Crippen molar-refractivity contribution in [3.8, 4) is 11.3 Å². The molecule has 0 radical (unpaired) electrons. The highest BCUT2D eigenvalue weighted by Gasteiger charge is 2.31. The third kappa shape index (κ3) is 4.12. The van der Waals surface area contributed by atoms with Crippen molar-refractivity contribution in [1.29, 1.82) is 0 Å². The van der Waals surface area contributed by atoms with Crippen LogP contribution in [0.5, 0.6) is 0 Å². The van der Waals surface area contributed by atoms with Gasteiger partial charge in [0.2, 0.25) is 5.91 Å². The zero-order chi connectivity index (χ0) is 23.8. The highest BCUT2D eigenvalue weighted by atomic mass is 16.5. The average Bonchev–Trinajstić information content (AvgIpc) is 3.29. The summed E-state index contributed by atoms with van der Waals surface area (Å²) < 4.78 is 5.48. The summed E-state index contributed by atoms with van der Waals surface area (Å²) in [5.41, 5.74) is 6.18. The highest BCUT2D eigenvalue weighted by molar-refractivity contribution is 5.93. The molecular formula is C28H29N5O2. The van der Waals surface area contributed by atoms with Crippen LogP contribution in [-0.2, 0) is 9.53 Å². The number of methoxy groups -OCH3 is 1. The number of carbonyl (C=O) groups excluding carboxylic acids is 1. The minimum Gasteiger partial charge on any atom is -0.497 e. The van der Waals surface area contributed by atoms with Gasteiger partial charge in [-0.3, -0.25) is 9.89 Å². The number of carbonyl (C=O) groups is 1. The maximum Gasteiger partial charge on any atom is 0.232 e. The predicted octanol–water partition coefficient (Wildman–Crippen LogP) is 3.84. The minimum atomic E-state index is -0.318. The van der Waals surface area contributed by atoms with E-state index in [1.165, 1.54) is 5.69 Å². The summed E-state index contributed by atoms with van der Waals surface area (Å²) in [5.74, 6) is 0.387. The second-order valence-corrected chi connectivity index (χ2v) is 9.28. The van der Waals surface area contributed by atoms with E-state index in [9.17, 15) is 4.79 Å². The van der Waals surface area contributed by atoms with Crippen molar-refractivity contribution in [1.82, 2.24) is 20.8 Å². The Hall–Kier alpha value is -3.84. The molecule has 0 saturated carbocycles. The number of ether oxygens (including phenoxy) is 1. The van der Waals surface area contributed by atoms with Crippen molar-refractivity contribution in [2.45, 2.75) is 12.3 Å². The van der Waals surface area contributed by atoms with Crippen molar-refractivity contribution in [2.75, 3.05) is 38.2 Å². The number of fused-ring (bicyclic) bond motifs is 4. The van der Waals surface area contributed by atoms with Crippen molar-refractivity contribution in [3.63, 3.8) is 0 Å². The van der Waals surface area contributed by atoms with Gasteiger partial charge in [-0.05, 0) is 48.4 Å². The van der Waals surface area contributed by atoms with Gasteiger partial charge in [0.15, 0.2) is 0 Å². The van der Waals surface area contributed by atoms with E-state index in [2.05, 4.69) is 74.3 Å². The number of piperazine rings is 1. The monoisotopic (exact) mass is 467 g/mol. The molecule has 7 nitrogen and oxygen atoms in total. The Labute approximate surface area is 204 Å². The van der Waals surface area contributed by atoms with E-state index in [1.54, 1.807) is 7.11 Å². The lowest BCUT2D eigenvalue weighted by Crippen LogP contribution is -2.43. The van der Waals surface area contributed by atoms with Gasteiger partial charge in [-0.25, -0.2) is 0 Å². The summed E-state index contributed by atoms with van der Waals surface area (Å²) in [7, 11) is 1.64. The Morgan fingerprint density at radius 3 is 2.69 bits per heavy atom. The van der Waals surface area contributed by atoms with Gasteiger partial charge in [0.1, 0.15) is 5.76 Å². The lowest BCUT2D eigenvalue weighted by molar-refractivity contribution is -0.123. The van der Waals surface area contributed by atoms with E-state index in [4.69, 9.17) is 4.74 Å². The largest absolute Gasteiger partial charge is 0.497 e. The number of hydrogen-bond donors (Lipinski definition) is 3. The van der Waals surface area contributed by atoms with Crippen LogP contribution in [0.15, 0.2) is 78.2 Å². The van der Waals surface area contributed by atoms with Gasteiger partial charge < -0.3 is 20.3 Å². The van der Waals surface area contributed by atoms with Gasteiger partial charge >= 0.3 is 0 Å². The van der Waals surface area contributed by atoms with Crippen LogP contribution in [0, 0.1) is 5.92 Å². The lowest BCUT2D eigenvalue weighted by atomic mass is 9.82. The Kier molecular flexibility index (Phi) is 5.62. The summed E-state index contributed by atoms with van der Waals surface area (Å²) >= 11 is 0. The number of amides is 1. The molecule has 0 spiro atoms. The Morgan fingerprint density at radius 2 is 1.89 bits per heavy atom. The fourth-order valence-electron chi connectivity index (χ4n) is 5.29. The summed E-state index contributed by atoms with van der Waals surface area (Å²) in [6.45, 7) is 4.10. The van der Waals surface area contributed by atoms with Gasteiger partial charge in [-0.2, -0.15) is 5.10 Å². The zero-order valence-electron chi connectivity index (χ0n) is 19.8. The first-order valence-electron chi connectivity index (χ1n) is 12.2. The summed E-state index contributed by atoms with van der Waals surface area (Å²) in [6.07, 6.45) is 8.57. The molecule has 3 aliphatic rings. The molecule has 7 heteroatoms. The molecule has 1 aromatic heterocycles. The highest BCUT2D eigenvalue weighted by Crippen LogP contribution is 2.37. The summed E-state index contributed by atoms with van der Waals surface area (Å²) in [6, 6.07) is 15.1. The van der Waals surface area contributed by atoms with Gasteiger partial charge in [-0.1, -0.05) is 30.3 Å². The predicted molar refractivity (Wildman–Crippen MR) is 138 cm³/mol. The van der Waals surface area contributed by atoms with Crippen LogP contribution < -0.4 is 15.5 Å². The number of hydrogen-bond acceptors (Lipinski definition) is 5. The molecule has 4 heterocycles. The van der Waals surface area contributed by atoms with Crippen LogP contribution in [-0.4, -0.2) is 49.4 Å². The quantitative estimate of drug-likeness (QED) is 0.543. The normalized spacial score (nSPS) is 22.2. The number of nitrogens with one attached hydrogen (secondary N) is 3. The Balaban J connectivity index is 1.31. The Bertz CT molecular complexity index is 1350. The van der Waals surface area contributed by atoms with Crippen LogP contribution in [0.3, 0.4) is 0 Å². The fraction of sp³-hybridized carbons (Fsp3) is 0.286. The molecule has 35 heavy (non-hydrogen) atoms. The van der Waals surface area contributed by atoms with Crippen molar-refractivity contribution in [2.24, 2.45) is 5.92 Å². The summed E-state index contributed by atoms with van der Waals surface area (Å²) in [4.78, 5) is 15.4. The molecule has 0 aliphatic carbocycles. The number of rotatable bonds is 4. The average molecular weight is 468 g/mol. The summed E-state index contributed by atoms with van der Waals surface area (Å²) in [5, 5.41) is 15.4. The molecule has 2 bridgehead atoms. The van der Waals surface area contributed by atoms with Crippen LogP contribution in [0.1, 0.15) is 17.9 Å². The lowest BCUT2D eigenvalue weighted by Gasteiger charge is -2.29. The third-order valence-corrected chi connectivity index (χ3v) is 7.24. The molecular weight excluding hydrogens is 438 g/mol. The molecule has 3 N–H and O–H groups in total. The van der Waals surface area contributed by atoms with E-state index in [0.717, 1.165) is 66.0 Å².